The lowest BCUT2D eigenvalue weighted by Crippen LogP contribution is -2.38. The fourth-order valence-electron chi connectivity index (χ4n) is 2.18. The highest BCUT2D eigenvalue weighted by Crippen LogP contribution is 2.18. The molecule has 3 nitrogen and oxygen atoms in total. The van der Waals surface area contributed by atoms with Gasteiger partial charge in [-0.2, -0.15) is 0 Å². The van der Waals surface area contributed by atoms with E-state index in [1.165, 1.54) is 12.1 Å². The first-order valence-corrected chi connectivity index (χ1v) is 6.31. The van der Waals surface area contributed by atoms with Gasteiger partial charge < -0.3 is 9.64 Å². The summed E-state index contributed by atoms with van der Waals surface area (Å²) in [6, 6.07) is 6.37. The standard InChI is InChI=1S/C14H18FNO2/c1-2-16(13-5-3-12(15)4-6-13)9-11-10-18-8-7-14(11)17/h3-6,11H,2,7-10H2,1H3. The quantitative estimate of drug-likeness (QED) is 0.822. The first-order chi connectivity index (χ1) is 8.70. The van der Waals surface area contributed by atoms with Crippen LogP contribution in [0.2, 0.25) is 0 Å². The van der Waals surface area contributed by atoms with E-state index in [0.717, 1.165) is 12.2 Å². The molecular formula is C14H18FNO2. The molecule has 0 spiro atoms. The number of hydrogen-bond donors (Lipinski definition) is 0. The lowest BCUT2D eigenvalue weighted by atomic mass is 9.99. The van der Waals surface area contributed by atoms with E-state index in [1.54, 1.807) is 12.1 Å². The second kappa shape index (κ2) is 5.96. The average Bonchev–Trinajstić information content (AvgIpc) is 2.39. The number of benzene rings is 1. The van der Waals surface area contributed by atoms with Crippen LogP contribution >= 0.6 is 0 Å². The molecule has 18 heavy (non-hydrogen) atoms. The minimum atomic E-state index is -0.244. The van der Waals surface area contributed by atoms with Gasteiger partial charge in [-0.25, -0.2) is 4.39 Å². The predicted octanol–water partition coefficient (Wildman–Crippen LogP) is 2.26. The highest BCUT2D eigenvalue weighted by atomic mass is 19.1. The number of Topliss-reactive ketones (excluding diaryl/α,β-unsaturated/α-hetero) is 1. The predicted molar refractivity (Wildman–Crippen MR) is 68.2 cm³/mol. The van der Waals surface area contributed by atoms with Crippen LogP contribution in [0.4, 0.5) is 10.1 Å². The SMILES string of the molecule is CCN(CC1COCCC1=O)c1ccc(F)cc1. The van der Waals surface area contributed by atoms with Gasteiger partial charge in [0.15, 0.2) is 0 Å². The Hall–Kier alpha value is -1.42. The Kier molecular flexibility index (Phi) is 4.31. The van der Waals surface area contributed by atoms with Gasteiger partial charge in [-0.3, -0.25) is 4.79 Å². The number of nitrogens with zero attached hydrogens (tertiary/aromatic N) is 1. The van der Waals surface area contributed by atoms with E-state index >= 15 is 0 Å². The second-order valence-corrected chi connectivity index (χ2v) is 4.50. The maximum atomic E-state index is 12.9. The maximum Gasteiger partial charge on any atom is 0.142 e. The Morgan fingerprint density at radius 2 is 2.11 bits per heavy atom. The Bertz CT molecular complexity index is 405. The molecule has 1 aliphatic rings. The van der Waals surface area contributed by atoms with Crippen molar-refractivity contribution in [2.45, 2.75) is 13.3 Å². The molecule has 0 bridgehead atoms. The number of ketones is 1. The number of hydrogen-bond acceptors (Lipinski definition) is 3. The van der Waals surface area contributed by atoms with E-state index in [9.17, 15) is 9.18 Å². The molecule has 0 aliphatic carbocycles. The van der Waals surface area contributed by atoms with Crippen molar-refractivity contribution >= 4 is 11.5 Å². The number of ether oxygens (including phenoxy) is 1. The van der Waals surface area contributed by atoms with Crippen LogP contribution in [-0.2, 0) is 9.53 Å². The van der Waals surface area contributed by atoms with Crippen LogP contribution in [0.5, 0.6) is 0 Å². The summed E-state index contributed by atoms with van der Waals surface area (Å²) in [6.07, 6.45) is 0.506. The number of carbonyl (C=O) groups is 1. The van der Waals surface area contributed by atoms with Gasteiger partial charge in [0, 0.05) is 25.2 Å². The van der Waals surface area contributed by atoms with Crippen LogP contribution in [0.1, 0.15) is 13.3 Å². The molecule has 98 valence electrons. The number of carbonyl (C=O) groups excluding carboxylic acids is 1. The van der Waals surface area contributed by atoms with Gasteiger partial charge in [0.25, 0.3) is 0 Å². The van der Waals surface area contributed by atoms with E-state index in [1.807, 2.05) is 6.92 Å². The van der Waals surface area contributed by atoms with Gasteiger partial charge >= 0.3 is 0 Å². The second-order valence-electron chi connectivity index (χ2n) is 4.50. The number of halogens is 1. The number of anilines is 1. The van der Waals surface area contributed by atoms with Gasteiger partial charge in [0.05, 0.1) is 19.1 Å². The van der Waals surface area contributed by atoms with E-state index in [2.05, 4.69) is 4.90 Å². The largest absolute Gasteiger partial charge is 0.380 e. The lowest BCUT2D eigenvalue weighted by Gasteiger charge is -2.29. The Morgan fingerprint density at radius 1 is 1.39 bits per heavy atom. The molecule has 1 aliphatic heterocycles. The van der Waals surface area contributed by atoms with Gasteiger partial charge in [0.1, 0.15) is 11.6 Å². The van der Waals surface area contributed by atoms with Gasteiger partial charge in [-0.05, 0) is 31.2 Å². The summed E-state index contributed by atoms with van der Waals surface area (Å²) in [4.78, 5) is 13.8. The molecular weight excluding hydrogens is 233 g/mol. The van der Waals surface area contributed by atoms with Crippen LogP contribution in [0.15, 0.2) is 24.3 Å². The minimum Gasteiger partial charge on any atom is -0.380 e. The summed E-state index contributed by atoms with van der Waals surface area (Å²) >= 11 is 0. The normalized spacial score (nSPS) is 19.9. The van der Waals surface area contributed by atoms with E-state index in [0.29, 0.717) is 26.2 Å². The molecule has 0 saturated carbocycles. The first-order valence-electron chi connectivity index (χ1n) is 6.31. The summed E-state index contributed by atoms with van der Waals surface area (Å²) in [7, 11) is 0. The van der Waals surface area contributed by atoms with Crippen molar-refractivity contribution < 1.29 is 13.9 Å². The molecule has 0 amide bonds. The molecule has 0 radical (unpaired) electrons. The van der Waals surface area contributed by atoms with Gasteiger partial charge in [0.2, 0.25) is 0 Å². The third-order valence-corrected chi connectivity index (χ3v) is 3.28. The van der Waals surface area contributed by atoms with Crippen LogP contribution in [-0.4, -0.2) is 32.1 Å². The fraction of sp³-hybridized carbons (Fsp3) is 0.500. The summed E-state index contributed by atoms with van der Waals surface area (Å²) < 4.78 is 18.2. The van der Waals surface area contributed by atoms with E-state index < -0.39 is 0 Å². The van der Waals surface area contributed by atoms with E-state index in [4.69, 9.17) is 4.74 Å². The zero-order chi connectivity index (χ0) is 13.0. The van der Waals surface area contributed by atoms with E-state index in [-0.39, 0.29) is 17.5 Å². The summed E-state index contributed by atoms with van der Waals surface area (Å²) in [5.74, 6) is -0.0440. The third kappa shape index (κ3) is 3.07. The minimum absolute atomic E-state index is 0.0660. The molecule has 1 fully saturated rings. The summed E-state index contributed by atoms with van der Waals surface area (Å²) in [6.45, 7) is 4.49. The lowest BCUT2D eigenvalue weighted by molar-refractivity contribution is -0.129. The Morgan fingerprint density at radius 3 is 2.72 bits per heavy atom. The maximum absolute atomic E-state index is 12.9. The molecule has 1 aromatic carbocycles. The highest BCUT2D eigenvalue weighted by Gasteiger charge is 2.24. The zero-order valence-electron chi connectivity index (χ0n) is 10.6. The molecule has 1 heterocycles. The molecule has 1 atom stereocenters. The average molecular weight is 251 g/mol. The molecule has 4 heteroatoms. The smallest absolute Gasteiger partial charge is 0.142 e. The van der Waals surface area contributed by atoms with Crippen molar-refractivity contribution in [3.05, 3.63) is 30.1 Å². The fourth-order valence-corrected chi connectivity index (χ4v) is 2.18. The molecule has 1 saturated heterocycles. The highest BCUT2D eigenvalue weighted by molar-refractivity contribution is 5.82. The molecule has 1 aromatic rings. The van der Waals surface area contributed by atoms with Crippen molar-refractivity contribution in [1.29, 1.82) is 0 Å². The van der Waals surface area contributed by atoms with Crippen LogP contribution in [0, 0.1) is 11.7 Å². The third-order valence-electron chi connectivity index (χ3n) is 3.28. The van der Waals surface area contributed by atoms with Crippen molar-refractivity contribution in [3.8, 4) is 0 Å². The number of rotatable bonds is 4. The summed E-state index contributed by atoms with van der Waals surface area (Å²) in [5.41, 5.74) is 0.942. The molecule has 2 rings (SSSR count). The van der Waals surface area contributed by atoms with Crippen molar-refractivity contribution in [1.82, 2.24) is 0 Å². The topological polar surface area (TPSA) is 29.5 Å². The molecule has 0 N–H and O–H groups in total. The first kappa shape index (κ1) is 13.0. The Labute approximate surface area is 107 Å². The van der Waals surface area contributed by atoms with Crippen molar-refractivity contribution in [3.63, 3.8) is 0 Å². The van der Waals surface area contributed by atoms with Gasteiger partial charge in [-0.1, -0.05) is 0 Å². The van der Waals surface area contributed by atoms with Crippen LogP contribution in [0.25, 0.3) is 0 Å². The van der Waals surface area contributed by atoms with Crippen LogP contribution < -0.4 is 4.90 Å². The Balaban J connectivity index is 2.04. The summed E-state index contributed by atoms with van der Waals surface area (Å²) in [5, 5.41) is 0. The zero-order valence-corrected chi connectivity index (χ0v) is 10.6. The monoisotopic (exact) mass is 251 g/mol. The van der Waals surface area contributed by atoms with Gasteiger partial charge in [-0.15, -0.1) is 0 Å². The van der Waals surface area contributed by atoms with Crippen molar-refractivity contribution in [2.24, 2.45) is 5.92 Å². The van der Waals surface area contributed by atoms with Crippen molar-refractivity contribution in [2.75, 3.05) is 31.2 Å². The molecule has 0 aromatic heterocycles. The van der Waals surface area contributed by atoms with Crippen LogP contribution in [0.3, 0.4) is 0 Å². The molecule has 1 unspecified atom stereocenters.